The minimum Gasteiger partial charge on any atom is -0.309 e. The number of fused-ring (bicyclic) bond motifs is 20. The van der Waals surface area contributed by atoms with Gasteiger partial charge in [-0.2, -0.15) is 0 Å². The Balaban J connectivity index is 1.04. The monoisotopic (exact) mass is 878 g/mol. The maximum absolute atomic E-state index is 5.67. The van der Waals surface area contributed by atoms with Gasteiger partial charge in [-0.3, -0.25) is 4.57 Å². The van der Waals surface area contributed by atoms with E-state index in [0.717, 1.165) is 44.8 Å². The molecule has 0 saturated heterocycles. The van der Waals surface area contributed by atoms with Crippen molar-refractivity contribution in [2.75, 3.05) is 0 Å². The highest BCUT2D eigenvalue weighted by Gasteiger charge is 2.42. The number of aromatic nitrogens is 4. The lowest BCUT2D eigenvalue weighted by atomic mass is 9.76. The first-order valence-electron chi connectivity index (χ1n) is 23.9. The van der Waals surface area contributed by atoms with Crippen LogP contribution < -0.4 is 0 Å². The Labute approximate surface area is 398 Å². The minimum atomic E-state index is -0.429. The molecule has 0 amide bonds. The minimum absolute atomic E-state index is 0.429. The van der Waals surface area contributed by atoms with Gasteiger partial charge in [0.15, 0.2) is 0 Å². The van der Waals surface area contributed by atoms with Gasteiger partial charge in [-0.15, -0.1) is 0 Å². The second-order valence-electron chi connectivity index (χ2n) is 19.2. The maximum Gasteiger partial charge on any atom is 0.235 e. The van der Waals surface area contributed by atoms with E-state index in [1.807, 2.05) is 0 Å². The van der Waals surface area contributed by atoms with Crippen LogP contribution in [-0.2, 0) is 5.41 Å². The van der Waals surface area contributed by atoms with Gasteiger partial charge in [-0.1, -0.05) is 190 Å². The quantitative estimate of drug-likeness (QED) is 0.165. The van der Waals surface area contributed by atoms with Crippen molar-refractivity contribution in [3.05, 3.63) is 230 Å². The van der Waals surface area contributed by atoms with Crippen molar-refractivity contribution >= 4 is 86.7 Å². The van der Waals surface area contributed by atoms with Gasteiger partial charge >= 0.3 is 0 Å². The van der Waals surface area contributed by atoms with Crippen molar-refractivity contribution in [3.8, 4) is 45.3 Å². The van der Waals surface area contributed by atoms with E-state index in [1.165, 1.54) is 92.4 Å². The van der Waals surface area contributed by atoms with E-state index in [2.05, 4.69) is 241 Å². The van der Waals surface area contributed by atoms with Crippen LogP contribution in [0.1, 0.15) is 25.0 Å². The van der Waals surface area contributed by atoms with Crippen LogP contribution in [0.4, 0.5) is 0 Å². The fourth-order valence-corrected chi connectivity index (χ4v) is 12.4. The number of para-hydroxylation sites is 3. The smallest absolute Gasteiger partial charge is 0.235 e. The molecule has 11 aromatic carbocycles. The van der Waals surface area contributed by atoms with Gasteiger partial charge in [0.25, 0.3) is 0 Å². The summed E-state index contributed by atoms with van der Waals surface area (Å²) in [5.74, 6) is 0.649. The zero-order valence-electron chi connectivity index (χ0n) is 38.1. The molecule has 4 heteroatoms. The first-order valence-corrected chi connectivity index (χ1v) is 23.9. The zero-order chi connectivity index (χ0) is 45.5. The molecule has 0 aliphatic heterocycles. The van der Waals surface area contributed by atoms with Gasteiger partial charge in [0.05, 0.1) is 33.5 Å². The highest BCUT2D eigenvalue weighted by Crippen LogP contribution is 2.59. The van der Waals surface area contributed by atoms with Crippen LogP contribution in [0.5, 0.6) is 0 Å². The molecule has 4 nitrogen and oxygen atoms in total. The molecule has 0 N–H and O–H groups in total. The average molecular weight is 879 g/mol. The predicted octanol–water partition coefficient (Wildman–Crippen LogP) is 16.9. The summed E-state index contributed by atoms with van der Waals surface area (Å²) in [7, 11) is 0. The maximum atomic E-state index is 5.67. The Kier molecular flexibility index (Phi) is 7.81. The molecule has 0 fully saturated rings. The molecule has 14 aromatic rings. The largest absolute Gasteiger partial charge is 0.309 e. The molecule has 15 rings (SSSR count). The van der Waals surface area contributed by atoms with Crippen LogP contribution in [0.25, 0.3) is 132 Å². The molecule has 0 atom stereocenters. The highest BCUT2D eigenvalue weighted by molar-refractivity contribution is 6.35. The van der Waals surface area contributed by atoms with Gasteiger partial charge < -0.3 is 4.57 Å². The number of hydrogen-bond acceptors (Lipinski definition) is 2. The SMILES string of the molecule is CC1(C)c2c(c3ccccc3c3c4ccccc4c4ccccc4c23)-c2ccc3c4ccccc4n(-c4nc(-c5ccccc5)cc(-c5ccc6c(c5)c5ccccc5n6-c5ccccc5)n4)c3c21. The first-order chi connectivity index (χ1) is 34.0. The van der Waals surface area contributed by atoms with Crippen LogP contribution in [0, 0.1) is 0 Å². The molecule has 69 heavy (non-hydrogen) atoms. The van der Waals surface area contributed by atoms with Crippen molar-refractivity contribution in [1.29, 1.82) is 0 Å². The van der Waals surface area contributed by atoms with Crippen LogP contribution in [-0.4, -0.2) is 19.1 Å². The molecular weight excluding hydrogens is 837 g/mol. The van der Waals surface area contributed by atoms with E-state index in [1.54, 1.807) is 0 Å². The van der Waals surface area contributed by atoms with Crippen molar-refractivity contribution in [2.24, 2.45) is 0 Å². The molecule has 0 spiro atoms. The number of benzene rings is 11. The van der Waals surface area contributed by atoms with E-state index in [4.69, 9.17) is 9.97 Å². The highest BCUT2D eigenvalue weighted by atomic mass is 15.2. The summed E-state index contributed by atoms with van der Waals surface area (Å²) in [6.45, 7) is 4.90. The Morgan fingerprint density at radius 3 is 1.54 bits per heavy atom. The molecular formula is C65H42N4. The Hall–Kier alpha value is -8.86. The van der Waals surface area contributed by atoms with Gasteiger partial charge in [-0.25, -0.2) is 9.97 Å². The van der Waals surface area contributed by atoms with Gasteiger partial charge in [0, 0.05) is 43.8 Å². The number of hydrogen-bond donors (Lipinski definition) is 0. The van der Waals surface area contributed by atoms with Crippen molar-refractivity contribution in [2.45, 2.75) is 19.3 Å². The second-order valence-corrected chi connectivity index (χ2v) is 19.2. The molecule has 0 radical (unpaired) electrons. The van der Waals surface area contributed by atoms with E-state index in [-0.39, 0.29) is 0 Å². The molecule has 0 unspecified atom stereocenters. The van der Waals surface area contributed by atoms with Crippen LogP contribution in [0.15, 0.2) is 218 Å². The summed E-state index contributed by atoms with van der Waals surface area (Å²) in [5, 5.41) is 15.1. The third kappa shape index (κ3) is 5.23. The molecule has 1 aliphatic rings. The van der Waals surface area contributed by atoms with Crippen molar-refractivity contribution < 1.29 is 0 Å². The van der Waals surface area contributed by atoms with E-state index < -0.39 is 5.41 Å². The van der Waals surface area contributed by atoms with Crippen molar-refractivity contribution in [3.63, 3.8) is 0 Å². The summed E-state index contributed by atoms with van der Waals surface area (Å²) < 4.78 is 4.75. The van der Waals surface area contributed by atoms with Crippen LogP contribution in [0.2, 0.25) is 0 Å². The lowest BCUT2D eigenvalue weighted by molar-refractivity contribution is 0.670. The molecule has 1 aliphatic carbocycles. The van der Waals surface area contributed by atoms with Crippen LogP contribution in [0.3, 0.4) is 0 Å². The lowest BCUT2D eigenvalue weighted by Crippen LogP contribution is -2.18. The summed E-state index contributed by atoms with van der Waals surface area (Å²) in [6, 6.07) is 79.6. The third-order valence-corrected chi connectivity index (χ3v) is 15.2. The Morgan fingerprint density at radius 1 is 0.348 bits per heavy atom. The number of rotatable bonds is 4. The molecule has 322 valence electrons. The van der Waals surface area contributed by atoms with E-state index in [0.29, 0.717) is 5.95 Å². The van der Waals surface area contributed by atoms with Gasteiger partial charge in [0.1, 0.15) is 0 Å². The standard InChI is InChI=1S/C65H42N4/c1-65(2)61-51(59-49-30-14-13-29-48(49)58-46-27-11-9-23-42(46)43-24-10-12-28-47(43)60(58)62(59)65)35-34-50-44-25-15-18-32-56(44)69(63(50)61)64-66-53(39-19-5-3-6-20-39)38-54(67-64)40-33-36-57-52(37-40)45-26-16-17-31-55(45)68(57)41-21-7-4-8-22-41/h3-38H,1-2H3. The Bertz CT molecular complexity index is 4500. The average Bonchev–Trinajstić information content (AvgIpc) is 4.01. The topological polar surface area (TPSA) is 35.6 Å². The van der Waals surface area contributed by atoms with E-state index in [9.17, 15) is 0 Å². The fraction of sp³-hybridized carbons (Fsp3) is 0.0462. The fourth-order valence-electron chi connectivity index (χ4n) is 12.4. The third-order valence-electron chi connectivity index (χ3n) is 15.2. The zero-order valence-corrected chi connectivity index (χ0v) is 38.1. The summed E-state index contributed by atoms with van der Waals surface area (Å²) in [6.07, 6.45) is 0. The lowest BCUT2D eigenvalue weighted by Gasteiger charge is -2.27. The summed E-state index contributed by atoms with van der Waals surface area (Å²) in [4.78, 5) is 11.2. The van der Waals surface area contributed by atoms with E-state index >= 15 is 0 Å². The Morgan fingerprint density at radius 2 is 0.855 bits per heavy atom. The molecule has 3 heterocycles. The summed E-state index contributed by atoms with van der Waals surface area (Å²) in [5.41, 5.74) is 14.3. The number of nitrogens with zero attached hydrogens (tertiary/aromatic N) is 4. The van der Waals surface area contributed by atoms with Gasteiger partial charge in [-0.05, 0) is 108 Å². The van der Waals surface area contributed by atoms with Crippen LogP contribution >= 0.6 is 0 Å². The van der Waals surface area contributed by atoms with Crippen molar-refractivity contribution in [1.82, 2.24) is 19.1 Å². The normalized spacial score (nSPS) is 13.2. The molecule has 0 bridgehead atoms. The predicted molar refractivity (Wildman–Crippen MR) is 289 cm³/mol. The van der Waals surface area contributed by atoms with Gasteiger partial charge in [0.2, 0.25) is 5.95 Å². The molecule has 0 saturated carbocycles. The molecule has 3 aromatic heterocycles. The first kappa shape index (κ1) is 38.3. The summed E-state index contributed by atoms with van der Waals surface area (Å²) >= 11 is 0. The second kappa shape index (κ2) is 14.1.